The summed E-state index contributed by atoms with van der Waals surface area (Å²) < 4.78 is 11.4. The summed E-state index contributed by atoms with van der Waals surface area (Å²) in [5.74, 6) is 2.18. The van der Waals surface area contributed by atoms with Gasteiger partial charge in [0, 0.05) is 0 Å². The molecule has 0 saturated heterocycles. The summed E-state index contributed by atoms with van der Waals surface area (Å²) in [6, 6.07) is 17.1. The maximum atomic E-state index is 8.51. The molecular formula is C15H13NO2Se. The van der Waals surface area contributed by atoms with Crippen LogP contribution in [0.2, 0.25) is 5.32 Å². The van der Waals surface area contributed by atoms with Crippen molar-refractivity contribution in [3.05, 3.63) is 54.6 Å². The van der Waals surface area contributed by atoms with Crippen LogP contribution in [0.4, 0.5) is 0 Å². The van der Waals surface area contributed by atoms with Gasteiger partial charge in [0.05, 0.1) is 0 Å². The van der Waals surface area contributed by atoms with Gasteiger partial charge >= 0.3 is 118 Å². The van der Waals surface area contributed by atoms with Crippen LogP contribution >= 0.6 is 0 Å². The molecule has 3 nitrogen and oxygen atoms in total. The number of nitriles is 1. The van der Waals surface area contributed by atoms with E-state index >= 15 is 0 Å². The van der Waals surface area contributed by atoms with Crippen LogP contribution < -0.4 is 9.47 Å². The normalized spacial score (nSPS) is 9.63. The van der Waals surface area contributed by atoms with E-state index in [2.05, 4.69) is 4.97 Å². The third kappa shape index (κ3) is 4.33. The molecule has 96 valence electrons. The fourth-order valence-corrected chi connectivity index (χ4v) is 2.05. The second kappa shape index (κ2) is 7.48. The SMILES string of the molecule is N#C[Se]CCOc1ccccc1Oc1ccccc1. The summed E-state index contributed by atoms with van der Waals surface area (Å²) in [7, 11) is 0. The average molecular weight is 318 g/mol. The van der Waals surface area contributed by atoms with Crippen molar-refractivity contribution in [1.29, 1.82) is 5.26 Å². The van der Waals surface area contributed by atoms with E-state index in [-0.39, 0.29) is 15.0 Å². The number of hydrogen-bond donors (Lipinski definition) is 0. The molecule has 2 aromatic rings. The molecule has 0 aliphatic rings. The molecule has 0 unspecified atom stereocenters. The van der Waals surface area contributed by atoms with Gasteiger partial charge in [0.25, 0.3) is 0 Å². The third-order valence-corrected chi connectivity index (χ3v) is 3.38. The summed E-state index contributed by atoms with van der Waals surface area (Å²) >= 11 is -0.00473. The third-order valence-electron chi connectivity index (χ3n) is 2.33. The van der Waals surface area contributed by atoms with Crippen LogP contribution in [0.15, 0.2) is 54.6 Å². The first-order valence-electron chi connectivity index (χ1n) is 5.86. The fraction of sp³-hybridized carbons (Fsp3) is 0.133. The summed E-state index contributed by atoms with van der Waals surface area (Å²) in [4.78, 5) is 2.16. The Bertz CT molecular complexity index is 552. The van der Waals surface area contributed by atoms with E-state index in [1.54, 1.807) is 0 Å². The number of para-hydroxylation sites is 3. The first kappa shape index (κ1) is 13.5. The Kier molecular flexibility index (Phi) is 5.30. The van der Waals surface area contributed by atoms with Crippen molar-refractivity contribution in [2.24, 2.45) is 0 Å². The molecule has 0 aliphatic heterocycles. The van der Waals surface area contributed by atoms with Gasteiger partial charge in [-0.2, -0.15) is 0 Å². The molecule has 0 aliphatic carbocycles. The van der Waals surface area contributed by atoms with Crippen molar-refractivity contribution >= 4 is 15.0 Å². The van der Waals surface area contributed by atoms with E-state index in [1.807, 2.05) is 54.6 Å². The van der Waals surface area contributed by atoms with E-state index in [0.717, 1.165) is 11.1 Å². The molecule has 0 spiro atoms. The average Bonchev–Trinajstić information content (AvgIpc) is 2.46. The van der Waals surface area contributed by atoms with Crippen LogP contribution in [-0.2, 0) is 0 Å². The molecule has 0 bridgehead atoms. The standard InChI is InChI=1S/C15H13NO2Se/c16-12-19-11-10-17-14-8-4-5-9-15(14)18-13-6-2-1-3-7-13/h1-9H,10-11H2. The van der Waals surface area contributed by atoms with Crippen molar-refractivity contribution in [1.82, 2.24) is 0 Å². The van der Waals surface area contributed by atoms with Crippen LogP contribution in [0, 0.1) is 10.2 Å². The van der Waals surface area contributed by atoms with Crippen molar-refractivity contribution in [3.8, 4) is 22.2 Å². The van der Waals surface area contributed by atoms with Crippen LogP contribution in [-0.4, -0.2) is 21.6 Å². The first-order valence-corrected chi connectivity index (χ1v) is 7.92. The second-order valence-electron chi connectivity index (χ2n) is 3.65. The van der Waals surface area contributed by atoms with Gasteiger partial charge in [0.15, 0.2) is 0 Å². The van der Waals surface area contributed by atoms with Crippen LogP contribution in [0.1, 0.15) is 0 Å². The Labute approximate surface area is 118 Å². The molecule has 0 radical (unpaired) electrons. The number of rotatable bonds is 6. The zero-order valence-corrected chi connectivity index (χ0v) is 12.0. The molecular weight excluding hydrogens is 305 g/mol. The number of ether oxygens (including phenoxy) is 2. The summed E-state index contributed by atoms with van der Waals surface area (Å²) in [6.45, 7) is 0.544. The van der Waals surface area contributed by atoms with Crippen molar-refractivity contribution in [2.75, 3.05) is 6.61 Å². The van der Waals surface area contributed by atoms with Crippen LogP contribution in [0.5, 0.6) is 17.2 Å². The number of nitrogens with zero attached hydrogens (tertiary/aromatic N) is 1. The molecule has 0 fully saturated rings. The molecule has 0 N–H and O–H groups in total. The van der Waals surface area contributed by atoms with E-state index < -0.39 is 0 Å². The molecule has 0 aromatic heterocycles. The van der Waals surface area contributed by atoms with Gasteiger partial charge in [-0.15, -0.1) is 0 Å². The molecule has 0 heterocycles. The van der Waals surface area contributed by atoms with Crippen LogP contribution in [0.3, 0.4) is 0 Å². The molecule has 2 aromatic carbocycles. The minimum atomic E-state index is -0.00473. The Hall–Kier alpha value is -1.95. The number of benzene rings is 2. The Morgan fingerprint density at radius 1 is 0.947 bits per heavy atom. The second-order valence-corrected chi connectivity index (χ2v) is 5.50. The van der Waals surface area contributed by atoms with Gasteiger partial charge in [-0.3, -0.25) is 0 Å². The number of hydrogen-bond acceptors (Lipinski definition) is 3. The van der Waals surface area contributed by atoms with Gasteiger partial charge < -0.3 is 0 Å². The molecule has 19 heavy (non-hydrogen) atoms. The zero-order chi connectivity index (χ0) is 13.3. The predicted molar refractivity (Wildman–Crippen MR) is 74.6 cm³/mol. The minimum absolute atomic E-state index is 0.00473. The topological polar surface area (TPSA) is 42.2 Å². The van der Waals surface area contributed by atoms with E-state index in [9.17, 15) is 0 Å². The van der Waals surface area contributed by atoms with E-state index in [4.69, 9.17) is 14.7 Å². The summed E-state index contributed by atoms with van der Waals surface area (Å²) in [5.41, 5.74) is 0. The maximum absolute atomic E-state index is 8.51. The van der Waals surface area contributed by atoms with Gasteiger partial charge in [0.1, 0.15) is 0 Å². The van der Waals surface area contributed by atoms with Gasteiger partial charge in [0.2, 0.25) is 0 Å². The van der Waals surface area contributed by atoms with Crippen molar-refractivity contribution in [2.45, 2.75) is 5.32 Å². The van der Waals surface area contributed by atoms with Gasteiger partial charge in [-0.1, -0.05) is 0 Å². The molecule has 0 atom stereocenters. The van der Waals surface area contributed by atoms with Crippen molar-refractivity contribution in [3.63, 3.8) is 0 Å². The van der Waals surface area contributed by atoms with Crippen LogP contribution in [0.25, 0.3) is 0 Å². The Morgan fingerprint density at radius 2 is 1.63 bits per heavy atom. The molecule has 2 rings (SSSR count). The molecule has 0 amide bonds. The van der Waals surface area contributed by atoms with Gasteiger partial charge in [-0.05, 0) is 0 Å². The molecule has 4 heteroatoms. The fourth-order valence-electron chi connectivity index (χ4n) is 1.51. The van der Waals surface area contributed by atoms with E-state index in [1.165, 1.54) is 0 Å². The van der Waals surface area contributed by atoms with Gasteiger partial charge in [-0.25, -0.2) is 0 Å². The first-order chi connectivity index (χ1) is 9.40. The summed E-state index contributed by atoms with van der Waals surface area (Å²) in [6.07, 6.45) is 0. The Balaban J connectivity index is 2.02. The van der Waals surface area contributed by atoms with Crippen molar-refractivity contribution < 1.29 is 9.47 Å². The zero-order valence-electron chi connectivity index (χ0n) is 10.3. The quantitative estimate of drug-likeness (QED) is 0.605. The van der Waals surface area contributed by atoms with E-state index in [0.29, 0.717) is 18.1 Å². The monoisotopic (exact) mass is 319 g/mol. The molecule has 0 saturated carbocycles. The summed E-state index contributed by atoms with van der Waals surface area (Å²) in [5, 5.41) is 9.29. The Morgan fingerprint density at radius 3 is 2.37 bits per heavy atom. The predicted octanol–water partition coefficient (Wildman–Crippen LogP) is 3.46.